The van der Waals surface area contributed by atoms with Crippen LogP contribution in [-0.2, 0) is 48.0 Å². The third kappa shape index (κ3) is 10.8. The third-order valence-electron chi connectivity index (χ3n) is 9.18. The summed E-state index contributed by atoms with van der Waals surface area (Å²) in [6.45, 7) is 6.31. The van der Waals surface area contributed by atoms with E-state index < -0.39 is 71.8 Å². The summed E-state index contributed by atoms with van der Waals surface area (Å²) in [5, 5.41) is 17.5. The Bertz CT molecular complexity index is 2290. The van der Waals surface area contributed by atoms with Crippen molar-refractivity contribution in [2.75, 3.05) is 7.11 Å². The number of methoxy groups -OCH3 is 1. The number of carbonyl (C=O) groups excluding carboxylic acids is 5. The fraction of sp³-hybridized carbons (Fsp3) is 0.302. The summed E-state index contributed by atoms with van der Waals surface area (Å²) in [6.07, 6.45) is -1.05. The van der Waals surface area contributed by atoms with Gasteiger partial charge in [0.25, 0.3) is 11.8 Å². The van der Waals surface area contributed by atoms with Crippen LogP contribution in [0.4, 0.5) is 4.79 Å². The lowest BCUT2D eigenvalue weighted by Crippen LogP contribution is -2.62. The molecule has 0 fully saturated rings. The lowest BCUT2D eigenvalue weighted by molar-refractivity contribution is -0.158. The van der Waals surface area contributed by atoms with Gasteiger partial charge in [-0.15, -0.1) is 0 Å². The van der Waals surface area contributed by atoms with Gasteiger partial charge in [0.15, 0.2) is 0 Å². The van der Waals surface area contributed by atoms with E-state index in [4.69, 9.17) is 15.2 Å². The molecule has 0 saturated carbocycles. The van der Waals surface area contributed by atoms with Crippen molar-refractivity contribution in [3.05, 3.63) is 114 Å². The van der Waals surface area contributed by atoms with Gasteiger partial charge in [-0.25, -0.2) is 9.69 Å². The smallest absolute Gasteiger partial charge is 0.408 e. The van der Waals surface area contributed by atoms with Crippen LogP contribution in [0.25, 0.3) is 21.7 Å². The first kappa shape index (κ1) is 41.6. The number of nitrogens with one attached hydrogen (secondary N) is 3. The van der Waals surface area contributed by atoms with Crippen molar-refractivity contribution in [2.45, 2.75) is 76.6 Å². The van der Waals surface area contributed by atoms with E-state index in [1.165, 1.54) is 14.0 Å². The number of amides is 5. The molecule has 5 amide bonds. The number of carboxylic acid groups (broad SMARTS) is 1. The maximum absolute atomic E-state index is 14.7. The van der Waals surface area contributed by atoms with Crippen molar-refractivity contribution in [1.82, 2.24) is 20.5 Å². The number of H-pyrrole nitrogens is 1. The Labute approximate surface area is 329 Å². The zero-order valence-electron chi connectivity index (χ0n) is 32.5. The minimum atomic E-state index is -1.92. The van der Waals surface area contributed by atoms with E-state index in [0.29, 0.717) is 32.7 Å². The Kier molecular flexibility index (Phi) is 12.8. The van der Waals surface area contributed by atoms with Crippen LogP contribution in [0.1, 0.15) is 50.8 Å². The molecule has 298 valence electrons. The number of nitrogens with zero attached hydrogens (tertiary/aromatic N) is 1. The van der Waals surface area contributed by atoms with E-state index in [-0.39, 0.29) is 12.8 Å². The molecular weight excluding hydrogens is 730 g/mol. The number of carboxylic acids is 1. The van der Waals surface area contributed by atoms with E-state index in [2.05, 4.69) is 15.6 Å². The van der Waals surface area contributed by atoms with Gasteiger partial charge in [0.05, 0.1) is 25.5 Å². The number of aliphatic carboxylic acids is 1. The molecule has 14 heteroatoms. The van der Waals surface area contributed by atoms with Gasteiger partial charge in [0.2, 0.25) is 11.8 Å². The molecule has 0 aliphatic carbocycles. The topological polar surface area (TPSA) is 210 Å². The van der Waals surface area contributed by atoms with Crippen LogP contribution in [0.5, 0.6) is 5.75 Å². The summed E-state index contributed by atoms with van der Waals surface area (Å²) >= 11 is 0. The zero-order chi connectivity index (χ0) is 41.5. The van der Waals surface area contributed by atoms with Gasteiger partial charge in [0, 0.05) is 23.5 Å². The number of para-hydroxylation sites is 1. The summed E-state index contributed by atoms with van der Waals surface area (Å²) in [5.74, 6) is -5.45. The summed E-state index contributed by atoms with van der Waals surface area (Å²) in [4.78, 5) is 86.1. The average Bonchev–Trinajstić information content (AvgIpc) is 3.56. The van der Waals surface area contributed by atoms with Gasteiger partial charge < -0.3 is 35.9 Å². The van der Waals surface area contributed by atoms with Crippen molar-refractivity contribution >= 4 is 57.4 Å². The number of imide groups is 3. The number of nitrogens with two attached hydrogens (primary N) is 1. The molecule has 3 atom stereocenters. The van der Waals surface area contributed by atoms with Crippen molar-refractivity contribution < 1.29 is 43.3 Å². The largest absolute Gasteiger partial charge is 0.497 e. The highest BCUT2D eigenvalue weighted by molar-refractivity contribution is 6.15. The number of alkyl carbamates (subject to hydrolysis) is 1. The van der Waals surface area contributed by atoms with E-state index in [0.717, 1.165) is 16.3 Å². The summed E-state index contributed by atoms with van der Waals surface area (Å²) in [5.41, 5.74) is 6.27. The fourth-order valence-corrected chi connectivity index (χ4v) is 6.38. The molecule has 0 bridgehead atoms. The summed E-state index contributed by atoms with van der Waals surface area (Å²) in [6, 6.07) is 23.2. The zero-order valence-corrected chi connectivity index (χ0v) is 32.5. The molecule has 0 unspecified atom stereocenters. The van der Waals surface area contributed by atoms with Crippen LogP contribution in [0.2, 0.25) is 0 Å². The van der Waals surface area contributed by atoms with Gasteiger partial charge in [-0.05, 0) is 79.8 Å². The fourth-order valence-electron chi connectivity index (χ4n) is 6.38. The van der Waals surface area contributed by atoms with Crippen LogP contribution in [0.3, 0.4) is 0 Å². The molecule has 0 spiro atoms. The van der Waals surface area contributed by atoms with Crippen LogP contribution in [0, 0.1) is 0 Å². The average molecular weight is 778 g/mol. The van der Waals surface area contributed by atoms with Gasteiger partial charge in [0.1, 0.15) is 23.4 Å². The molecule has 0 saturated heterocycles. The normalized spacial score (nSPS) is 13.5. The number of hydrogen-bond donors (Lipinski definition) is 5. The number of hydrogen-bond acceptors (Lipinski definition) is 9. The Balaban J connectivity index is 1.50. The summed E-state index contributed by atoms with van der Waals surface area (Å²) < 4.78 is 10.7. The minimum Gasteiger partial charge on any atom is -0.497 e. The van der Waals surface area contributed by atoms with Gasteiger partial charge in [-0.3, -0.25) is 24.0 Å². The van der Waals surface area contributed by atoms with Gasteiger partial charge in [-0.2, -0.15) is 0 Å². The second kappa shape index (κ2) is 17.5. The Hall–Kier alpha value is -6.54. The molecule has 0 radical (unpaired) electrons. The lowest BCUT2D eigenvalue weighted by Gasteiger charge is -2.31. The molecule has 0 aliphatic heterocycles. The molecule has 5 aromatic rings. The predicted molar refractivity (Wildman–Crippen MR) is 213 cm³/mol. The quantitative estimate of drug-likeness (QED) is 0.104. The molecule has 1 aromatic heterocycles. The predicted octanol–water partition coefficient (Wildman–Crippen LogP) is 4.81. The second-order valence-electron chi connectivity index (χ2n) is 15.1. The number of aromatic amines is 1. The number of benzene rings is 4. The Morgan fingerprint density at radius 1 is 0.807 bits per heavy atom. The Morgan fingerprint density at radius 2 is 1.44 bits per heavy atom. The number of ether oxygens (including phenoxy) is 2. The van der Waals surface area contributed by atoms with Crippen LogP contribution in [0.15, 0.2) is 97.2 Å². The van der Waals surface area contributed by atoms with E-state index in [1.807, 2.05) is 54.6 Å². The highest BCUT2D eigenvalue weighted by Crippen LogP contribution is 2.23. The molecule has 4 aromatic carbocycles. The van der Waals surface area contributed by atoms with Crippen molar-refractivity contribution in [2.24, 2.45) is 5.73 Å². The van der Waals surface area contributed by atoms with Crippen LogP contribution in [-0.4, -0.2) is 81.0 Å². The summed E-state index contributed by atoms with van der Waals surface area (Å²) in [7, 11) is 1.47. The molecule has 6 N–H and O–H groups in total. The van der Waals surface area contributed by atoms with E-state index in [1.54, 1.807) is 63.4 Å². The minimum absolute atomic E-state index is 0.00317. The van der Waals surface area contributed by atoms with Crippen molar-refractivity contribution in [1.29, 1.82) is 0 Å². The number of fused-ring (bicyclic) bond motifs is 2. The molecule has 57 heavy (non-hydrogen) atoms. The van der Waals surface area contributed by atoms with Gasteiger partial charge >= 0.3 is 12.1 Å². The Morgan fingerprint density at radius 3 is 2.11 bits per heavy atom. The lowest BCUT2D eigenvalue weighted by atomic mass is 9.91. The first-order valence-electron chi connectivity index (χ1n) is 18.3. The number of aromatic nitrogens is 1. The monoisotopic (exact) mass is 777 g/mol. The molecule has 5 rings (SSSR count). The molecule has 14 nitrogen and oxygen atoms in total. The van der Waals surface area contributed by atoms with E-state index >= 15 is 0 Å². The molecule has 1 heterocycles. The molecular formula is C43H47N5O9. The standard InChI is InChI=1S/C43H47N5O9/c1-42(2,3)57-41(55)47-34(22-30-25-45-33-13-9-8-12-32(30)33)38(52)48(36(49)21-26-15-18-31(56-5)19-16-26)39(53)35(23-37(50)51)46-40(54)43(4,44)24-27-14-17-28-10-6-7-11-29(28)20-27/h6-20,25,34-35,45H,21-24,44H2,1-5H3,(H,46,54)(H,47,55)(H,50,51)/t34-,35-,43-/m0/s1. The molecule has 0 aliphatic rings. The SMILES string of the molecule is COc1ccc(CC(=O)N(C(=O)[C@H](Cc2c[nH]c3ccccc23)NC(=O)OC(C)(C)C)C(=O)[C@H](CC(=O)O)NC(=O)[C@@](C)(N)Cc2ccc3ccccc3c2)cc1. The number of carbonyl (C=O) groups is 6. The third-order valence-corrected chi connectivity index (χ3v) is 9.18. The highest BCUT2D eigenvalue weighted by atomic mass is 16.6. The van der Waals surface area contributed by atoms with E-state index in [9.17, 15) is 33.9 Å². The second-order valence-corrected chi connectivity index (χ2v) is 15.1. The first-order valence-corrected chi connectivity index (χ1v) is 18.3. The van der Waals surface area contributed by atoms with Crippen molar-refractivity contribution in [3.8, 4) is 5.75 Å². The number of rotatable bonds is 14. The maximum atomic E-state index is 14.7. The van der Waals surface area contributed by atoms with Crippen LogP contribution < -0.4 is 21.1 Å². The first-order chi connectivity index (χ1) is 26.9. The van der Waals surface area contributed by atoms with Crippen molar-refractivity contribution in [3.63, 3.8) is 0 Å². The van der Waals surface area contributed by atoms with Gasteiger partial charge in [-0.1, -0.05) is 72.8 Å². The highest BCUT2D eigenvalue weighted by Gasteiger charge is 2.41. The van der Waals surface area contributed by atoms with Crippen LogP contribution >= 0.6 is 0 Å². The maximum Gasteiger partial charge on any atom is 0.408 e.